The highest BCUT2D eigenvalue weighted by molar-refractivity contribution is 7.91. The van der Waals surface area contributed by atoms with Crippen molar-refractivity contribution in [2.45, 2.75) is 41.1 Å². The molecule has 2 heterocycles. The van der Waals surface area contributed by atoms with Gasteiger partial charge < -0.3 is 44.0 Å². The Kier molecular flexibility index (Phi) is 31.4. The van der Waals surface area contributed by atoms with Crippen molar-refractivity contribution in [1.29, 1.82) is 0 Å². The standard InChI is InChI=1S/C25H32Cl2N4O5S.C24H33Cl2N3O5S.C18H15P/c1-31-17-23(22-15-20(26)16-25(27)24(22)18-31)19-4-2-5-21(14-19)37(32,33)13-3-7-34-9-11-36-12-10-35-8-6-29-30-28;1-29-16-22(21-14-19(25)15-24(26)23(21)17-29)18-3-2-4-20(13-18)35(30,31)28-6-8-33-10-12-34-11-9-32-7-5-27;1-4-10-16(11-5-1)19(17-12-6-2-7-13-17)18-14-8-3-9-15-18/h2,4-5,14-16,23H,3,6-13,17-18H2,1H3;2-4,13-15,22,28H,5-12,16-17,27H2,1H3;1-15H. The Hall–Kier alpha value is -5.06. The summed E-state index contributed by atoms with van der Waals surface area (Å²) in [5.74, 6) is -0.0752. The molecule has 7 aromatic rings. The van der Waals surface area contributed by atoms with Crippen molar-refractivity contribution in [3.8, 4) is 0 Å². The molecule has 0 saturated carbocycles. The van der Waals surface area contributed by atoms with Crippen molar-refractivity contribution in [2.75, 3.05) is 132 Å². The topological polar surface area (TPSA) is 217 Å². The number of halogens is 4. The number of sulfonamides is 1. The highest BCUT2D eigenvalue weighted by atomic mass is 35.5. The fraction of sp³-hybridized carbons (Fsp3) is 0.373. The highest BCUT2D eigenvalue weighted by Gasteiger charge is 2.30. The van der Waals surface area contributed by atoms with Crippen LogP contribution >= 0.6 is 54.3 Å². The molecule has 7 aromatic carbocycles. The van der Waals surface area contributed by atoms with E-state index in [-0.39, 0.29) is 35.6 Å². The van der Waals surface area contributed by atoms with Crippen molar-refractivity contribution in [3.05, 3.63) is 228 Å². The summed E-state index contributed by atoms with van der Waals surface area (Å²) >= 11 is 25.5. The Labute approximate surface area is 557 Å². The number of hydrogen-bond donors (Lipinski definition) is 2. The van der Waals surface area contributed by atoms with E-state index in [4.69, 9.17) is 86.1 Å². The molecule has 3 N–H and O–H groups in total. The molecule has 24 heteroatoms. The van der Waals surface area contributed by atoms with Crippen LogP contribution in [0.15, 0.2) is 179 Å². The lowest BCUT2D eigenvalue weighted by molar-refractivity contribution is 0.0162. The van der Waals surface area contributed by atoms with Gasteiger partial charge in [-0.05, 0) is 132 Å². The SMILES string of the molecule is CN1Cc2c(Cl)cc(Cl)cc2C(c2cccc(S(=O)(=O)CCCOCCOCCOCCN=[N+]=[N-])c2)C1.CN1Cc2c(Cl)cc(Cl)cc2C(c2cccc(S(=O)(=O)NCCOCCOCCOCCN)c2)C1.c1ccc(P(c2ccccc2)c2ccccc2)cc1. The number of nitrogens with zero attached hydrogens (tertiary/aromatic N) is 5. The maximum absolute atomic E-state index is 13.0. The van der Waals surface area contributed by atoms with E-state index in [0.717, 1.165) is 53.0 Å². The van der Waals surface area contributed by atoms with Gasteiger partial charge in [0.15, 0.2) is 9.84 Å². The molecule has 0 saturated heterocycles. The number of likely N-dealkylation sites (N-methyl/N-ethyl adjacent to an activating group) is 2. The van der Waals surface area contributed by atoms with Gasteiger partial charge in [-0.1, -0.05) is 167 Å². The molecule has 2 unspecified atom stereocenters. The number of azide groups is 1. The summed E-state index contributed by atoms with van der Waals surface area (Å²) in [4.78, 5) is 7.49. The van der Waals surface area contributed by atoms with Crippen LogP contribution < -0.4 is 26.4 Å². The minimum absolute atomic E-state index is 0.00482. The Morgan fingerprint density at radius 3 is 1.42 bits per heavy atom. The van der Waals surface area contributed by atoms with Crippen LogP contribution in [0.5, 0.6) is 0 Å². The first-order valence-electron chi connectivity index (χ1n) is 30.0. The smallest absolute Gasteiger partial charge is 0.240 e. The summed E-state index contributed by atoms with van der Waals surface area (Å²) in [6.07, 6.45) is 0.384. The summed E-state index contributed by atoms with van der Waals surface area (Å²) in [6.45, 7) is 8.57. The Bertz CT molecular complexity index is 3530. The van der Waals surface area contributed by atoms with E-state index in [2.05, 4.69) is 116 Å². The van der Waals surface area contributed by atoms with E-state index in [0.29, 0.717) is 124 Å². The molecule has 0 aromatic heterocycles. The average molecular weight is 1380 g/mol. The largest absolute Gasteiger partial charge is 0.379 e. The lowest BCUT2D eigenvalue weighted by Crippen LogP contribution is -2.31. The van der Waals surface area contributed by atoms with Gasteiger partial charge in [-0.2, -0.15) is 0 Å². The highest BCUT2D eigenvalue weighted by Crippen LogP contribution is 2.41. The fourth-order valence-corrected chi connectivity index (χ4v) is 16.2. The van der Waals surface area contributed by atoms with Crippen LogP contribution in [0.25, 0.3) is 10.4 Å². The van der Waals surface area contributed by atoms with Crippen LogP contribution in [-0.2, 0) is 61.4 Å². The summed E-state index contributed by atoms with van der Waals surface area (Å²) in [7, 11) is -3.57. The monoisotopic (exact) mass is 1380 g/mol. The zero-order valence-electron chi connectivity index (χ0n) is 51.3. The third-order valence-corrected chi connectivity index (χ3v) is 21.4. The third-order valence-electron chi connectivity index (χ3n) is 14.6. The van der Waals surface area contributed by atoms with Gasteiger partial charge in [-0.15, -0.1) is 0 Å². The predicted octanol–water partition coefficient (Wildman–Crippen LogP) is 11.4. The normalized spacial score (nSPS) is 14.9. The predicted molar refractivity (Wildman–Crippen MR) is 367 cm³/mol. The molecule has 2 aliphatic heterocycles. The quantitative estimate of drug-likeness (QED) is 0.0132. The van der Waals surface area contributed by atoms with Crippen LogP contribution in [0, 0.1) is 0 Å². The summed E-state index contributed by atoms with van der Waals surface area (Å²) in [5, 5.41) is 9.96. The van der Waals surface area contributed by atoms with Crippen LogP contribution in [-0.4, -0.2) is 158 Å². The first kappa shape index (κ1) is 73.4. The van der Waals surface area contributed by atoms with Crippen LogP contribution in [0.4, 0.5) is 0 Å². The number of rotatable bonds is 32. The van der Waals surface area contributed by atoms with Crippen molar-refractivity contribution in [3.63, 3.8) is 0 Å². The van der Waals surface area contributed by atoms with Gasteiger partial charge in [0.25, 0.3) is 0 Å². The Balaban J connectivity index is 0.000000203. The fourth-order valence-electron chi connectivity index (χ4n) is 10.4. The van der Waals surface area contributed by atoms with Crippen molar-refractivity contribution >= 4 is 90.1 Å². The van der Waals surface area contributed by atoms with Gasteiger partial charge >= 0.3 is 0 Å². The minimum atomic E-state index is -3.69. The van der Waals surface area contributed by atoms with E-state index in [1.165, 1.54) is 15.9 Å². The molecule has 2 atom stereocenters. The number of hydrogen-bond acceptors (Lipinski definition) is 14. The average Bonchev–Trinajstić information content (AvgIpc) is 0.878. The number of ether oxygens (including phenoxy) is 6. The maximum atomic E-state index is 13.0. The number of fused-ring (bicyclic) bond motifs is 2. The van der Waals surface area contributed by atoms with Gasteiger partial charge in [-0.25, -0.2) is 21.6 Å². The zero-order valence-corrected chi connectivity index (χ0v) is 56.8. The van der Waals surface area contributed by atoms with E-state index >= 15 is 0 Å². The van der Waals surface area contributed by atoms with Crippen LogP contribution in [0.3, 0.4) is 0 Å². The van der Waals surface area contributed by atoms with Crippen molar-refractivity contribution in [1.82, 2.24) is 14.5 Å². The summed E-state index contributed by atoms with van der Waals surface area (Å²) < 4.78 is 86.5. The van der Waals surface area contributed by atoms with E-state index in [1.807, 2.05) is 38.4 Å². The molecule has 0 aliphatic carbocycles. The number of benzene rings is 7. The van der Waals surface area contributed by atoms with E-state index < -0.39 is 27.8 Å². The molecule has 0 amide bonds. The first-order valence-corrected chi connectivity index (χ1v) is 35.9. The molecular formula is C67H80Cl4N7O10PS2. The molecule has 0 radical (unpaired) electrons. The second-order valence-corrected chi connectivity index (χ2v) is 29.2. The molecular weight excluding hydrogens is 1300 g/mol. The first-order chi connectivity index (χ1) is 44.1. The van der Waals surface area contributed by atoms with Gasteiger partial charge in [0.1, 0.15) is 0 Å². The van der Waals surface area contributed by atoms with Gasteiger partial charge in [-0.3, -0.25) is 0 Å². The zero-order chi connectivity index (χ0) is 64.9. The molecule has 17 nitrogen and oxygen atoms in total. The van der Waals surface area contributed by atoms with Crippen LogP contribution in [0.1, 0.15) is 51.6 Å². The van der Waals surface area contributed by atoms with Crippen LogP contribution in [0.2, 0.25) is 20.1 Å². The van der Waals surface area contributed by atoms with E-state index in [1.54, 1.807) is 48.5 Å². The number of sulfone groups is 1. The van der Waals surface area contributed by atoms with Gasteiger partial charge in [0, 0.05) is 89.3 Å². The second-order valence-electron chi connectivity index (χ2n) is 21.4. The number of nitrogens with two attached hydrogens (primary N) is 1. The molecule has 0 spiro atoms. The molecule has 0 fully saturated rings. The summed E-state index contributed by atoms with van der Waals surface area (Å²) in [5.41, 5.74) is 19.4. The summed E-state index contributed by atoms with van der Waals surface area (Å²) in [6, 6.07) is 53.8. The molecule has 91 heavy (non-hydrogen) atoms. The van der Waals surface area contributed by atoms with E-state index in [9.17, 15) is 16.8 Å². The second kappa shape index (κ2) is 39.0. The molecule has 488 valence electrons. The maximum Gasteiger partial charge on any atom is 0.240 e. The lowest BCUT2D eigenvalue weighted by atomic mass is 9.85. The van der Waals surface area contributed by atoms with Gasteiger partial charge in [0.05, 0.1) is 88.2 Å². The Morgan fingerprint density at radius 1 is 0.538 bits per heavy atom. The van der Waals surface area contributed by atoms with Gasteiger partial charge in [0.2, 0.25) is 10.0 Å². The molecule has 2 aliphatic rings. The minimum Gasteiger partial charge on any atom is -0.379 e. The van der Waals surface area contributed by atoms with Crippen molar-refractivity contribution in [2.24, 2.45) is 10.8 Å². The molecule has 9 rings (SSSR count). The third kappa shape index (κ3) is 23.7. The lowest BCUT2D eigenvalue weighted by Gasteiger charge is -2.33. The number of nitrogens with one attached hydrogen (secondary N) is 1. The Morgan fingerprint density at radius 2 is 0.956 bits per heavy atom. The molecule has 0 bridgehead atoms. The van der Waals surface area contributed by atoms with Crippen molar-refractivity contribution < 1.29 is 45.3 Å².